The molecule has 1 aromatic carbocycles. The number of nitrogens with zero attached hydrogens (tertiary/aromatic N) is 2. The number of amides is 1. The SMILES string of the molecule is COC(=O)[C@H](CCSC)NC(=O)C1=C(c2ccccc2)C(=S(=O)=O)C(N(C)c2ccccn2)C=C1. The fraction of sp³-hybridized carbons (Fsp3) is 0.280. The molecule has 1 aliphatic carbocycles. The average molecular weight is 514 g/mol. The number of carbonyl (C=O) groups is 2. The van der Waals surface area contributed by atoms with E-state index in [-0.39, 0.29) is 16.0 Å². The monoisotopic (exact) mass is 513 g/mol. The molecule has 10 heteroatoms. The minimum absolute atomic E-state index is 0.0377. The van der Waals surface area contributed by atoms with Crippen LogP contribution in [0.25, 0.3) is 5.57 Å². The number of carbonyl (C=O) groups excluding carboxylic acids is 2. The van der Waals surface area contributed by atoms with Crippen molar-refractivity contribution in [1.29, 1.82) is 0 Å². The molecule has 2 atom stereocenters. The number of hydrogen-bond acceptors (Lipinski definition) is 8. The van der Waals surface area contributed by atoms with Gasteiger partial charge in [-0.2, -0.15) is 20.2 Å². The number of anilines is 1. The van der Waals surface area contributed by atoms with Crippen molar-refractivity contribution in [2.24, 2.45) is 0 Å². The predicted octanol–water partition coefficient (Wildman–Crippen LogP) is 2.37. The number of nitrogens with one attached hydrogen (secondary N) is 1. The van der Waals surface area contributed by atoms with Gasteiger partial charge in [0.25, 0.3) is 5.91 Å². The summed E-state index contributed by atoms with van der Waals surface area (Å²) in [4.78, 5) is 31.8. The Kier molecular flexibility index (Phi) is 9.27. The van der Waals surface area contributed by atoms with Gasteiger partial charge in [-0.05, 0) is 36.1 Å². The summed E-state index contributed by atoms with van der Waals surface area (Å²) in [7, 11) is 0.349. The fourth-order valence-corrected chi connectivity index (χ4v) is 5.08. The largest absolute Gasteiger partial charge is 0.467 e. The third kappa shape index (κ3) is 6.20. The number of ether oxygens (including phenoxy) is 1. The van der Waals surface area contributed by atoms with Crippen molar-refractivity contribution in [3.05, 3.63) is 78.0 Å². The molecular formula is C25H27N3O5S2. The first kappa shape index (κ1) is 26.2. The lowest BCUT2D eigenvalue weighted by Crippen LogP contribution is -2.45. The Hall–Kier alpha value is -3.37. The fourth-order valence-electron chi connectivity index (χ4n) is 3.79. The molecule has 3 rings (SSSR count). The highest BCUT2D eigenvalue weighted by molar-refractivity contribution is 7.98. The molecule has 0 radical (unpaired) electrons. The zero-order valence-electron chi connectivity index (χ0n) is 19.7. The summed E-state index contributed by atoms with van der Waals surface area (Å²) in [6.45, 7) is 0. The summed E-state index contributed by atoms with van der Waals surface area (Å²) in [6.07, 6.45) is 7.16. The number of hydrogen-bond donors (Lipinski definition) is 1. The molecule has 0 saturated carbocycles. The van der Waals surface area contributed by atoms with Crippen molar-refractivity contribution < 1.29 is 22.7 Å². The Bertz CT molecular complexity index is 1250. The van der Waals surface area contributed by atoms with Crippen LogP contribution in [0.4, 0.5) is 5.82 Å². The molecule has 8 nitrogen and oxygen atoms in total. The van der Waals surface area contributed by atoms with Gasteiger partial charge in [-0.3, -0.25) is 4.79 Å². The van der Waals surface area contributed by atoms with Gasteiger partial charge < -0.3 is 15.0 Å². The molecule has 1 unspecified atom stereocenters. The predicted molar refractivity (Wildman–Crippen MR) is 140 cm³/mol. The summed E-state index contributed by atoms with van der Waals surface area (Å²) in [5, 5.41) is 2.73. The van der Waals surface area contributed by atoms with E-state index in [0.29, 0.717) is 23.6 Å². The van der Waals surface area contributed by atoms with Gasteiger partial charge in [0.2, 0.25) is 10.3 Å². The molecule has 184 valence electrons. The van der Waals surface area contributed by atoms with Crippen molar-refractivity contribution in [3.8, 4) is 0 Å². The van der Waals surface area contributed by atoms with Gasteiger partial charge in [0.05, 0.1) is 13.2 Å². The Labute approximate surface area is 210 Å². The Balaban J connectivity index is 2.10. The van der Waals surface area contributed by atoms with Gasteiger partial charge in [-0.1, -0.05) is 48.6 Å². The van der Waals surface area contributed by atoms with Crippen LogP contribution >= 0.6 is 11.8 Å². The number of aromatic nitrogens is 1. The zero-order chi connectivity index (χ0) is 25.4. The number of likely N-dealkylation sites (N-methyl/N-ethyl adjacent to an activating group) is 1. The van der Waals surface area contributed by atoms with E-state index in [1.165, 1.54) is 7.11 Å². The van der Waals surface area contributed by atoms with Crippen molar-refractivity contribution in [2.45, 2.75) is 18.5 Å². The maximum absolute atomic E-state index is 13.4. The lowest BCUT2D eigenvalue weighted by Gasteiger charge is -2.31. The number of esters is 1. The van der Waals surface area contributed by atoms with Crippen LogP contribution in [0, 0.1) is 0 Å². The van der Waals surface area contributed by atoms with Crippen LogP contribution in [-0.2, 0) is 24.6 Å². The van der Waals surface area contributed by atoms with Crippen LogP contribution in [0.2, 0.25) is 0 Å². The number of methoxy groups -OCH3 is 1. The van der Waals surface area contributed by atoms with Gasteiger partial charge in [0.15, 0.2) is 0 Å². The highest BCUT2D eigenvalue weighted by Gasteiger charge is 2.33. The minimum atomic E-state index is -2.66. The normalized spacial score (nSPS) is 16.0. The van der Waals surface area contributed by atoms with Gasteiger partial charge in [-0.15, -0.1) is 0 Å². The van der Waals surface area contributed by atoms with Crippen molar-refractivity contribution >= 4 is 50.2 Å². The van der Waals surface area contributed by atoms with Gasteiger partial charge in [-0.25, -0.2) is 9.78 Å². The highest BCUT2D eigenvalue weighted by atomic mass is 32.2. The minimum Gasteiger partial charge on any atom is -0.467 e. The van der Waals surface area contributed by atoms with Gasteiger partial charge in [0.1, 0.15) is 16.7 Å². The van der Waals surface area contributed by atoms with E-state index in [1.807, 2.05) is 18.4 Å². The molecule has 1 aliphatic rings. The molecule has 0 aliphatic heterocycles. The van der Waals surface area contributed by atoms with E-state index in [4.69, 9.17) is 4.74 Å². The van der Waals surface area contributed by atoms with Crippen molar-refractivity contribution in [1.82, 2.24) is 10.3 Å². The summed E-state index contributed by atoms with van der Waals surface area (Å²) in [5.41, 5.74) is 0.999. The lowest BCUT2D eigenvalue weighted by molar-refractivity contribution is -0.144. The highest BCUT2D eigenvalue weighted by Crippen LogP contribution is 2.30. The molecule has 1 N–H and O–H groups in total. The molecule has 0 fully saturated rings. The van der Waals surface area contributed by atoms with Crippen LogP contribution < -0.4 is 10.2 Å². The van der Waals surface area contributed by atoms with Crippen LogP contribution in [-0.4, -0.2) is 68.4 Å². The average Bonchev–Trinajstić information content (AvgIpc) is 2.90. The lowest BCUT2D eigenvalue weighted by atomic mass is 9.87. The molecule has 0 saturated heterocycles. The van der Waals surface area contributed by atoms with Gasteiger partial charge >= 0.3 is 5.97 Å². The molecular weight excluding hydrogens is 486 g/mol. The van der Waals surface area contributed by atoms with E-state index in [9.17, 15) is 18.0 Å². The molecule has 0 bridgehead atoms. The number of thioether (sulfide) groups is 1. The smallest absolute Gasteiger partial charge is 0.328 e. The second-order valence-corrected chi connectivity index (χ2v) is 9.58. The van der Waals surface area contributed by atoms with Crippen LogP contribution in [0.15, 0.2) is 72.5 Å². The van der Waals surface area contributed by atoms with Crippen LogP contribution in [0.1, 0.15) is 12.0 Å². The first-order valence-electron chi connectivity index (χ1n) is 10.8. The van der Waals surface area contributed by atoms with Crippen LogP contribution in [0.3, 0.4) is 0 Å². The van der Waals surface area contributed by atoms with Crippen molar-refractivity contribution in [2.75, 3.05) is 31.1 Å². The summed E-state index contributed by atoms with van der Waals surface area (Å²) < 4.78 is 30.1. The molecule has 0 spiro atoms. The Morgan fingerprint density at radius 1 is 1.17 bits per heavy atom. The topological polar surface area (TPSA) is 106 Å². The zero-order valence-corrected chi connectivity index (χ0v) is 21.3. The molecule has 2 aromatic rings. The van der Waals surface area contributed by atoms with E-state index in [1.54, 1.807) is 78.5 Å². The third-order valence-corrected chi connectivity index (χ3v) is 6.99. The third-order valence-electron chi connectivity index (χ3n) is 5.55. The van der Waals surface area contributed by atoms with E-state index >= 15 is 0 Å². The Morgan fingerprint density at radius 3 is 2.49 bits per heavy atom. The number of pyridine rings is 1. The summed E-state index contributed by atoms with van der Waals surface area (Å²) in [5.74, 6) is 0.101. The molecule has 1 amide bonds. The summed E-state index contributed by atoms with van der Waals surface area (Å²) in [6, 6.07) is 12.7. The maximum atomic E-state index is 13.4. The van der Waals surface area contributed by atoms with E-state index in [0.717, 1.165) is 0 Å². The quantitative estimate of drug-likeness (QED) is 0.403. The maximum Gasteiger partial charge on any atom is 0.328 e. The van der Waals surface area contributed by atoms with E-state index in [2.05, 4.69) is 10.3 Å². The first-order chi connectivity index (χ1) is 16.9. The van der Waals surface area contributed by atoms with Gasteiger partial charge in [0, 0.05) is 24.4 Å². The molecule has 1 aromatic heterocycles. The summed E-state index contributed by atoms with van der Waals surface area (Å²) >= 11 is 1.54. The van der Waals surface area contributed by atoms with Crippen molar-refractivity contribution in [3.63, 3.8) is 0 Å². The van der Waals surface area contributed by atoms with E-state index < -0.39 is 34.3 Å². The molecule has 1 heterocycles. The van der Waals surface area contributed by atoms with Crippen LogP contribution in [0.5, 0.6) is 0 Å². The first-order valence-corrected chi connectivity index (χ1v) is 13.3. The number of benzene rings is 1. The Morgan fingerprint density at radius 2 is 1.89 bits per heavy atom. The number of rotatable bonds is 9. The standard InChI is InChI=1S/C25H27N3O5S2/c1-28(21-11-7-8-15-26-21)20-13-12-18(24(29)27-19(14-16-34-3)25(30)33-2)22(23(20)35(31)32)17-9-5-4-6-10-17/h4-13,15,19-20H,14,16H2,1-3H3,(H,27,29)/t19-,20?/m0/s1. The second-order valence-electron chi connectivity index (χ2n) is 7.69. The molecule has 35 heavy (non-hydrogen) atoms. The second kappa shape index (κ2) is 12.4.